The van der Waals surface area contributed by atoms with Crippen LogP contribution in [-0.4, -0.2) is 17.9 Å². The summed E-state index contributed by atoms with van der Waals surface area (Å²) in [5.41, 5.74) is 1.79. The zero-order valence-electron chi connectivity index (χ0n) is 13.0. The maximum atomic E-state index is 12.2. The van der Waals surface area contributed by atoms with Gasteiger partial charge in [0.15, 0.2) is 0 Å². The number of hydrogen-bond acceptors (Lipinski definition) is 3. The molecular weight excluding hydrogens is 326 g/mol. The Morgan fingerprint density at radius 1 is 1.17 bits per heavy atom. The van der Waals surface area contributed by atoms with Crippen molar-refractivity contribution in [1.29, 1.82) is 5.26 Å². The van der Waals surface area contributed by atoms with Crippen LogP contribution in [0.25, 0.3) is 0 Å². The summed E-state index contributed by atoms with van der Waals surface area (Å²) in [6.07, 6.45) is 0.318. The quantitative estimate of drug-likeness (QED) is 0.876. The molecule has 24 heavy (non-hydrogen) atoms. The molecule has 0 unspecified atom stereocenters. The number of nitrogens with zero attached hydrogens (tertiary/aromatic N) is 1. The number of nitriles is 1. The first-order valence-electron chi connectivity index (χ1n) is 7.33. The first-order chi connectivity index (χ1) is 11.5. The van der Waals surface area contributed by atoms with E-state index in [4.69, 9.17) is 16.9 Å². The highest BCUT2D eigenvalue weighted by Crippen LogP contribution is 2.15. The second-order valence-electron chi connectivity index (χ2n) is 5.20. The van der Waals surface area contributed by atoms with Crippen molar-refractivity contribution in [2.75, 3.05) is 5.32 Å². The van der Waals surface area contributed by atoms with Crippen LogP contribution in [0.15, 0.2) is 48.5 Å². The summed E-state index contributed by atoms with van der Waals surface area (Å²) in [5, 5.41) is 14.3. The van der Waals surface area contributed by atoms with Crippen molar-refractivity contribution in [3.63, 3.8) is 0 Å². The van der Waals surface area contributed by atoms with E-state index in [9.17, 15) is 9.59 Å². The largest absolute Gasteiger partial charge is 0.340 e. The lowest BCUT2D eigenvalue weighted by molar-refractivity contribution is -0.117. The molecule has 0 radical (unpaired) electrons. The molecule has 5 nitrogen and oxygen atoms in total. The van der Waals surface area contributed by atoms with Gasteiger partial charge in [-0.1, -0.05) is 35.9 Å². The normalized spacial score (nSPS) is 11.2. The molecule has 2 rings (SSSR count). The Kier molecular flexibility index (Phi) is 5.94. The van der Waals surface area contributed by atoms with Crippen LogP contribution in [0, 0.1) is 11.3 Å². The summed E-state index contributed by atoms with van der Waals surface area (Å²) in [6.45, 7) is 1.59. The highest BCUT2D eigenvalue weighted by molar-refractivity contribution is 6.33. The van der Waals surface area contributed by atoms with Gasteiger partial charge in [-0.05, 0) is 36.8 Å². The lowest BCUT2D eigenvalue weighted by Crippen LogP contribution is -2.41. The standard InChI is InChI=1S/C18H16ClN3O2/c1-12(21-18(24)15-4-2-3-5-16(15)19)17(23)22-14-8-6-13(7-9-14)10-11-20/h2-9,12H,10H2,1H3,(H,21,24)(H,22,23)/t12-/m0/s1. The fourth-order valence-corrected chi connectivity index (χ4v) is 2.25. The molecule has 2 aromatic carbocycles. The lowest BCUT2D eigenvalue weighted by Gasteiger charge is -2.15. The highest BCUT2D eigenvalue weighted by Gasteiger charge is 2.18. The van der Waals surface area contributed by atoms with Crippen molar-refractivity contribution in [3.05, 3.63) is 64.7 Å². The number of carbonyl (C=O) groups is 2. The van der Waals surface area contributed by atoms with E-state index in [0.29, 0.717) is 22.7 Å². The first kappa shape index (κ1) is 17.5. The molecule has 0 aliphatic heterocycles. The van der Waals surface area contributed by atoms with E-state index in [1.54, 1.807) is 55.5 Å². The molecule has 0 aliphatic carbocycles. The van der Waals surface area contributed by atoms with E-state index in [1.165, 1.54) is 0 Å². The van der Waals surface area contributed by atoms with Crippen LogP contribution in [0.4, 0.5) is 5.69 Å². The molecule has 6 heteroatoms. The maximum absolute atomic E-state index is 12.2. The molecule has 0 spiro atoms. The molecule has 0 bridgehead atoms. The minimum atomic E-state index is -0.729. The van der Waals surface area contributed by atoms with Crippen molar-refractivity contribution in [2.24, 2.45) is 0 Å². The van der Waals surface area contributed by atoms with Gasteiger partial charge < -0.3 is 10.6 Å². The topological polar surface area (TPSA) is 82.0 Å². The van der Waals surface area contributed by atoms with Gasteiger partial charge in [-0.15, -0.1) is 0 Å². The third-order valence-electron chi connectivity index (χ3n) is 3.36. The van der Waals surface area contributed by atoms with E-state index in [0.717, 1.165) is 5.56 Å². The SMILES string of the molecule is C[C@H](NC(=O)c1ccccc1Cl)C(=O)Nc1ccc(CC#N)cc1. The second-order valence-corrected chi connectivity index (χ2v) is 5.60. The predicted molar refractivity (Wildman–Crippen MR) is 92.8 cm³/mol. The van der Waals surface area contributed by atoms with Gasteiger partial charge in [0.1, 0.15) is 6.04 Å². The number of carbonyl (C=O) groups excluding carboxylic acids is 2. The lowest BCUT2D eigenvalue weighted by atomic mass is 10.1. The molecule has 122 valence electrons. The van der Waals surface area contributed by atoms with Crippen molar-refractivity contribution < 1.29 is 9.59 Å². The van der Waals surface area contributed by atoms with E-state index >= 15 is 0 Å². The number of hydrogen-bond donors (Lipinski definition) is 2. The van der Waals surface area contributed by atoms with Gasteiger partial charge in [0.2, 0.25) is 5.91 Å². The Balaban J connectivity index is 1.96. The summed E-state index contributed by atoms with van der Waals surface area (Å²) < 4.78 is 0. The summed E-state index contributed by atoms with van der Waals surface area (Å²) in [7, 11) is 0. The van der Waals surface area contributed by atoms with Crippen LogP contribution < -0.4 is 10.6 Å². The van der Waals surface area contributed by atoms with E-state index in [2.05, 4.69) is 16.7 Å². The Labute approximate surface area is 145 Å². The van der Waals surface area contributed by atoms with Crippen LogP contribution >= 0.6 is 11.6 Å². The summed E-state index contributed by atoms with van der Waals surface area (Å²) >= 11 is 5.97. The number of benzene rings is 2. The van der Waals surface area contributed by atoms with E-state index in [1.807, 2.05) is 0 Å². The fourth-order valence-electron chi connectivity index (χ4n) is 2.03. The summed E-state index contributed by atoms with van der Waals surface area (Å²) in [5.74, 6) is -0.754. The fraction of sp³-hybridized carbons (Fsp3) is 0.167. The van der Waals surface area contributed by atoms with Crippen molar-refractivity contribution in [1.82, 2.24) is 5.32 Å². The number of nitrogens with one attached hydrogen (secondary N) is 2. The molecule has 0 saturated carbocycles. The molecule has 0 fully saturated rings. The van der Waals surface area contributed by atoms with Gasteiger partial charge in [0.25, 0.3) is 5.91 Å². The molecule has 0 saturated heterocycles. The van der Waals surface area contributed by atoms with Crippen molar-refractivity contribution >= 4 is 29.1 Å². The zero-order valence-corrected chi connectivity index (χ0v) is 13.8. The van der Waals surface area contributed by atoms with Crippen molar-refractivity contribution in [2.45, 2.75) is 19.4 Å². The van der Waals surface area contributed by atoms with Crippen LogP contribution in [0.1, 0.15) is 22.8 Å². The minimum absolute atomic E-state index is 0.318. The molecule has 2 aromatic rings. The third kappa shape index (κ3) is 4.58. The monoisotopic (exact) mass is 341 g/mol. The molecule has 0 aliphatic rings. The smallest absolute Gasteiger partial charge is 0.253 e. The predicted octanol–water partition coefficient (Wildman–Crippen LogP) is 3.16. The van der Waals surface area contributed by atoms with Crippen LogP contribution in [-0.2, 0) is 11.2 Å². The summed E-state index contributed by atoms with van der Waals surface area (Å²) in [6, 6.07) is 14.9. The Bertz CT molecular complexity index is 782. The second kappa shape index (κ2) is 8.14. The molecule has 0 heterocycles. The number of rotatable bonds is 5. The van der Waals surface area contributed by atoms with Crippen LogP contribution in [0.3, 0.4) is 0 Å². The average Bonchev–Trinajstić information content (AvgIpc) is 2.57. The van der Waals surface area contributed by atoms with Gasteiger partial charge in [-0.3, -0.25) is 9.59 Å². The maximum Gasteiger partial charge on any atom is 0.253 e. The number of halogens is 1. The average molecular weight is 342 g/mol. The molecular formula is C18H16ClN3O2. The van der Waals surface area contributed by atoms with Crippen LogP contribution in [0.5, 0.6) is 0 Å². The minimum Gasteiger partial charge on any atom is -0.340 e. The molecule has 0 aromatic heterocycles. The Morgan fingerprint density at radius 3 is 2.46 bits per heavy atom. The van der Waals surface area contributed by atoms with Gasteiger partial charge >= 0.3 is 0 Å². The van der Waals surface area contributed by atoms with Gasteiger partial charge in [-0.2, -0.15) is 5.26 Å². The van der Waals surface area contributed by atoms with E-state index in [-0.39, 0.29) is 5.91 Å². The zero-order chi connectivity index (χ0) is 17.5. The first-order valence-corrected chi connectivity index (χ1v) is 7.71. The Hall–Kier alpha value is -2.84. The molecule has 1 atom stereocenters. The van der Waals surface area contributed by atoms with Gasteiger partial charge in [0.05, 0.1) is 23.1 Å². The Morgan fingerprint density at radius 2 is 1.83 bits per heavy atom. The number of anilines is 1. The molecule has 2 amide bonds. The third-order valence-corrected chi connectivity index (χ3v) is 3.69. The van der Waals surface area contributed by atoms with Gasteiger partial charge in [0, 0.05) is 5.69 Å². The van der Waals surface area contributed by atoms with E-state index < -0.39 is 11.9 Å². The molecule has 2 N–H and O–H groups in total. The van der Waals surface area contributed by atoms with Crippen molar-refractivity contribution in [3.8, 4) is 6.07 Å². The van der Waals surface area contributed by atoms with Crippen LogP contribution in [0.2, 0.25) is 5.02 Å². The summed E-state index contributed by atoms with van der Waals surface area (Å²) in [4.78, 5) is 24.3. The van der Waals surface area contributed by atoms with Gasteiger partial charge in [-0.25, -0.2) is 0 Å². The number of amides is 2. The highest BCUT2D eigenvalue weighted by atomic mass is 35.5.